The number of carbonyl (C=O) groups is 1. The summed E-state index contributed by atoms with van der Waals surface area (Å²) in [6.45, 7) is 2.06. The van der Waals surface area contributed by atoms with Gasteiger partial charge in [0.15, 0.2) is 11.5 Å². The first-order valence-corrected chi connectivity index (χ1v) is 6.41. The van der Waals surface area contributed by atoms with Crippen LogP contribution in [0.5, 0.6) is 11.5 Å². The molecule has 2 aromatic carbocycles. The van der Waals surface area contributed by atoms with E-state index in [0.717, 1.165) is 17.7 Å². The molecule has 0 fully saturated rings. The van der Waals surface area contributed by atoms with Crippen molar-refractivity contribution in [1.29, 1.82) is 0 Å². The molecular weight excluding hydrogens is 254 g/mol. The molecule has 1 amide bonds. The summed E-state index contributed by atoms with van der Waals surface area (Å²) >= 11 is 0. The van der Waals surface area contributed by atoms with Crippen LogP contribution in [0.25, 0.3) is 0 Å². The highest BCUT2D eigenvalue weighted by Gasteiger charge is 2.10. The largest absolute Gasteiger partial charge is 0.504 e. The van der Waals surface area contributed by atoms with Crippen LogP contribution in [0.15, 0.2) is 42.5 Å². The van der Waals surface area contributed by atoms with Gasteiger partial charge in [0.2, 0.25) is 0 Å². The van der Waals surface area contributed by atoms with Gasteiger partial charge in [-0.25, -0.2) is 0 Å². The molecule has 4 nitrogen and oxygen atoms in total. The number of amides is 1. The van der Waals surface area contributed by atoms with Gasteiger partial charge in [-0.3, -0.25) is 4.79 Å². The number of phenolic OH excluding ortho intramolecular Hbond substituents is 1. The van der Waals surface area contributed by atoms with Gasteiger partial charge in [0.05, 0.1) is 7.11 Å². The van der Waals surface area contributed by atoms with Gasteiger partial charge in [-0.1, -0.05) is 19.1 Å². The SMILES string of the molecule is CCc1cccc(NC(=O)c2ccc(O)c(OC)c2)c1. The van der Waals surface area contributed by atoms with E-state index in [2.05, 4.69) is 12.2 Å². The van der Waals surface area contributed by atoms with Crippen molar-refractivity contribution in [3.8, 4) is 11.5 Å². The molecule has 0 aliphatic heterocycles. The van der Waals surface area contributed by atoms with E-state index in [1.165, 1.54) is 19.2 Å². The number of hydrogen-bond acceptors (Lipinski definition) is 3. The van der Waals surface area contributed by atoms with Crippen molar-refractivity contribution in [2.45, 2.75) is 13.3 Å². The Morgan fingerprint density at radius 2 is 2.05 bits per heavy atom. The lowest BCUT2D eigenvalue weighted by atomic mass is 10.1. The summed E-state index contributed by atoms with van der Waals surface area (Å²) in [5, 5.41) is 12.3. The maximum absolute atomic E-state index is 12.1. The average Bonchev–Trinajstić information content (AvgIpc) is 2.47. The van der Waals surface area contributed by atoms with Crippen molar-refractivity contribution in [2.24, 2.45) is 0 Å². The van der Waals surface area contributed by atoms with Crippen LogP contribution >= 0.6 is 0 Å². The summed E-state index contributed by atoms with van der Waals surface area (Å²) in [6.07, 6.45) is 0.913. The van der Waals surface area contributed by atoms with E-state index in [4.69, 9.17) is 4.74 Å². The van der Waals surface area contributed by atoms with Crippen LogP contribution in [-0.4, -0.2) is 18.1 Å². The second-order valence-corrected chi connectivity index (χ2v) is 4.39. The highest BCUT2D eigenvalue weighted by atomic mass is 16.5. The molecule has 0 atom stereocenters. The van der Waals surface area contributed by atoms with Crippen molar-refractivity contribution < 1.29 is 14.6 Å². The van der Waals surface area contributed by atoms with E-state index in [1.54, 1.807) is 6.07 Å². The van der Waals surface area contributed by atoms with Crippen LogP contribution in [0.4, 0.5) is 5.69 Å². The average molecular weight is 271 g/mol. The molecule has 20 heavy (non-hydrogen) atoms. The van der Waals surface area contributed by atoms with Crippen LogP contribution < -0.4 is 10.1 Å². The molecule has 2 aromatic rings. The quantitative estimate of drug-likeness (QED) is 0.897. The maximum atomic E-state index is 12.1. The van der Waals surface area contributed by atoms with Crippen molar-refractivity contribution in [2.75, 3.05) is 12.4 Å². The number of nitrogens with one attached hydrogen (secondary N) is 1. The van der Waals surface area contributed by atoms with Crippen molar-refractivity contribution in [1.82, 2.24) is 0 Å². The van der Waals surface area contributed by atoms with Crippen LogP contribution in [0, 0.1) is 0 Å². The lowest BCUT2D eigenvalue weighted by Crippen LogP contribution is -2.12. The molecular formula is C16H17NO3. The summed E-state index contributed by atoms with van der Waals surface area (Å²) in [6, 6.07) is 12.2. The van der Waals surface area contributed by atoms with Crippen LogP contribution in [-0.2, 0) is 6.42 Å². The Kier molecular flexibility index (Phi) is 4.25. The van der Waals surface area contributed by atoms with Gasteiger partial charge in [-0.15, -0.1) is 0 Å². The third-order valence-electron chi connectivity index (χ3n) is 3.04. The molecule has 0 heterocycles. The molecule has 0 spiro atoms. The van der Waals surface area contributed by atoms with Gasteiger partial charge >= 0.3 is 0 Å². The van der Waals surface area contributed by atoms with Gasteiger partial charge in [0, 0.05) is 11.3 Å². The zero-order valence-electron chi connectivity index (χ0n) is 11.5. The topological polar surface area (TPSA) is 58.6 Å². The molecule has 0 saturated carbocycles. The number of rotatable bonds is 4. The summed E-state index contributed by atoms with van der Waals surface area (Å²) in [4.78, 5) is 12.1. The molecule has 0 aliphatic carbocycles. The molecule has 0 aliphatic rings. The van der Waals surface area contributed by atoms with Gasteiger partial charge in [-0.2, -0.15) is 0 Å². The lowest BCUT2D eigenvalue weighted by molar-refractivity contribution is 0.102. The van der Waals surface area contributed by atoms with E-state index in [-0.39, 0.29) is 17.4 Å². The second kappa shape index (κ2) is 6.10. The predicted molar refractivity (Wildman–Crippen MR) is 78.4 cm³/mol. The summed E-state index contributed by atoms with van der Waals surface area (Å²) < 4.78 is 4.99. The van der Waals surface area contributed by atoms with Crippen molar-refractivity contribution >= 4 is 11.6 Å². The molecule has 0 radical (unpaired) electrons. The fourth-order valence-corrected chi connectivity index (χ4v) is 1.89. The maximum Gasteiger partial charge on any atom is 0.255 e. The number of aromatic hydroxyl groups is 1. The standard InChI is InChI=1S/C16H17NO3/c1-3-11-5-4-6-13(9-11)17-16(19)12-7-8-14(18)15(10-12)20-2/h4-10,18H,3H2,1-2H3,(H,17,19). The summed E-state index contributed by atoms with van der Waals surface area (Å²) in [7, 11) is 1.45. The Bertz CT molecular complexity index is 623. The third-order valence-corrected chi connectivity index (χ3v) is 3.04. The van der Waals surface area contributed by atoms with Crippen molar-refractivity contribution in [3.63, 3.8) is 0 Å². The highest BCUT2D eigenvalue weighted by molar-refractivity contribution is 6.04. The van der Waals surface area contributed by atoms with E-state index < -0.39 is 0 Å². The molecule has 0 bridgehead atoms. The molecule has 0 unspecified atom stereocenters. The monoisotopic (exact) mass is 271 g/mol. The predicted octanol–water partition coefficient (Wildman–Crippen LogP) is 3.22. The van der Waals surface area contributed by atoms with Crippen LogP contribution in [0.3, 0.4) is 0 Å². The third kappa shape index (κ3) is 3.09. The number of hydrogen-bond donors (Lipinski definition) is 2. The minimum absolute atomic E-state index is 0.0111. The Labute approximate surface area is 118 Å². The summed E-state index contributed by atoms with van der Waals surface area (Å²) in [5.41, 5.74) is 2.34. The number of anilines is 1. The van der Waals surface area contributed by atoms with E-state index in [1.807, 2.05) is 24.3 Å². The van der Waals surface area contributed by atoms with Crippen LogP contribution in [0.2, 0.25) is 0 Å². The van der Waals surface area contributed by atoms with E-state index >= 15 is 0 Å². The van der Waals surface area contributed by atoms with Gasteiger partial charge in [0.1, 0.15) is 0 Å². The molecule has 2 N–H and O–H groups in total. The van der Waals surface area contributed by atoms with Gasteiger partial charge in [-0.05, 0) is 42.3 Å². The zero-order chi connectivity index (χ0) is 14.5. The normalized spacial score (nSPS) is 10.1. The number of benzene rings is 2. The molecule has 4 heteroatoms. The summed E-state index contributed by atoms with van der Waals surface area (Å²) in [5.74, 6) is 0.0496. The lowest BCUT2D eigenvalue weighted by Gasteiger charge is -2.08. The first-order valence-electron chi connectivity index (χ1n) is 6.41. The zero-order valence-corrected chi connectivity index (χ0v) is 11.5. The molecule has 2 rings (SSSR count). The minimum atomic E-state index is -0.239. The Hall–Kier alpha value is -2.49. The molecule has 0 saturated heterocycles. The number of phenols is 1. The first-order chi connectivity index (χ1) is 9.63. The number of carbonyl (C=O) groups excluding carboxylic acids is 1. The van der Waals surface area contributed by atoms with Crippen molar-refractivity contribution in [3.05, 3.63) is 53.6 Å². The highest BCUT2D eigenvalue weighted by Crippen LogP contribution is 2.26. The second-order valence-electron chi connectivity index (χ2n) is 4.39. The minimum Gasteiger partial charge on any atom is -0.504 e. The first kappa shape index (κ1) is 13.9. The number of ether oxygens (including phenoxy) is 1. The van der Waals surface area contributed by atoms with Gasteiger partial charge in [0.25, 0.3) is 5.91 Å². The Morgan fingerprint density at radius 1 is 1.25 bits per heavy atom. The number of aryl methyl sites for hydroxylation is 1. The van der Waals surface area contributed by atoms with E-state index in [0.29, 0.717) is 5.56 Å². The number of methoxy groups -OCH3 is 1. The fourth-order valence-electron chi connectivity index (χ4n) is 1.89. The van der Waals surface area contributed by atoms with E-state index in [9.17, 15) is 9.90 Å². The molecule has 104 valence electrons. The molecule has 0 aromatic heterocycles. The van der Waals surface area contributed by atoms with Gasteiger partial charge < -0.3 is 15.2 Å². The Morgan fingerprint density at radius 3 is 2.75 bits per heavy atom. The van der Waals surface area contributed by atoms with Crippen LogP contribution in [0.1, 0.15) is 22.8 Å². The Balaban J connectivity index is 2.19. The fraction of sp³-hybridized carbons (Fsp3) is 0.188. The smallest absolute Gasteiger partial charge is 0.255 e.